The number of primary sulfonamides is 1. The Morgan fingerprint density at radius 1 is 0.947 bits per heavy atom. The summed E-state index contributed by atoms with van der Waals surface area (Å²) in [4.78, 5) is 4.54. The average molecular weight is 274 g/mol. The molecule has 2 N–H and O–H groups in total. The van der Waals surface area contributed by atoms with Crippen LogP contribution >= 0.6 is 0 Å². The summed E-state index contributed by atoms with van der Waals surface area (Å²) < 4.78 is 23.1. The first-order valence-corrected chi connectivity index (χ1v) is 6.92. The molecule has 0 saturated heterocycles. The molecule has 98 valence electrons. The van der Waals surface area contributed by atoms with E-state index in [-0.39, 0.29) is 12.3 Å². The van der Waals surface area contributed by atoms with E-state index in [1.165, 1.54) is 6.07 Å². The first kappa shape index (κ1) is 13.5. The fraction of sp³-hybridized carbons (Fsp3) is 0.0714. The van der Waals surface area contributed by atoms with Gasteiger partial charge in [-0.2, -0.15) is 0 Å². The lowest BCUT2D eigenvalue weighted by Gasteiger charge is -2.05. The lowest BCUT2D eigenvalue weighted by atomic mass is 10.1. The van der Waals surface area contributed by atoms with Crippen molar-refractivity contribution >= 4 is 31.8 Å². The Kier molecular flexibility index (Phi) is 3.26. The maximum atomic E-state index is 11.5. The van der Waals surface area contributed by atoms with Crippen LogP contribution in [0.4, 0.5) is 0 Å². The van der Waals surface area contributed by atoms with Crippen molar-refractivity contribution in [1.82, 2.24) is 4.98 Å². The highest BCUT2D eigenvalue weighted by molar-refractivity contribution is 7.89. The van der Waals surface area contributed by atoms with E-state index in [0.29, 0.717) is 10.9 Å². The van der Waals surface area contributed by atoms with Crippen LogP contribution in [0.2, 0.25) is 0 Å². The van der Waals surface area contributed by atoms with Gasteiger partial charge in [0, 0.05) is 10.8 Å². The zero-order chi connectivity index (χ0) is 12.8. The molecular formula is C14H14N2O2S. The topological polar surface area (TPSA) is 73.1 Å². The van der Waals surface area contributed by atoms with Crippen LogP contribution in [-0.4, -0.2) is 13.4 Å². The maximum absolute atomic E-state index is 11.5. The smallest absolute Gasteiger partial charge is 0.238 e. The number of nitrogens with zero attached hydrogens (tertiary/aromatic N) is 1. The molecular weight excluding hydrogens is 260 g/mol. The van der Waals surface area contributed by atoms with Gasteiger partial charge in [0.25, 0.3) is 0 Å². The van der Waals surface area contributed by atoms with Crippen LogP contribution in [0, 0.1) is 0 Å². The van der Waals surface area contributed by atoms with Crippen LogP contribution in [0.5, 0.6) is 0 Å². The van der Waals surface area contributed by atoms with Gasteiger partial charge >= 0.3 is 0 Å². The molecule has 1 heterocycles. The van der Waals surface area contributed by atoms with E-state index in [1.54, 1.807) is 18.2 Å². The Morgan fingerprint density at radius 2 is 1.63 bits per heavy atom. The summed E-state index contributed by atoms with van der Waals surface area (Å²) in [6.07, 6.45) is 0. The minimum Gasteiger partial charge on any atom is -0.248 e. The summed E-state index contributed by atoms with van der Waals surface area (Å²) >= 11 is 0. The summed E-state index contributed by atoms with van der Waals surface area (Å²) in [7, 11) is -3.74. The highest BCUT2D eigenvalue weighted by Crippen LogP contribution is 2.24. The predicted molar refractivity (Wildman–Crippen MR) is 77.4 cm³/mol. The van der Waals surface area contributed by atoms with Gasteiger partial charge in [-0.3, -0.25) is 0 Å². The van der Waals surface area contributed by atoms with Crippen molar-refractivity contribution in [2.75, 3.05) is 0 Å². The minimum absolute atomic E-state index is 0. The van der Waals surface area contributed by atoms with E-state index >= 15 is 0 Å². The Balaban J connectivity index is 0.00000133. The molecule has 0 bridgehead atoms. The lowest BCUT2D eigenvalue weighted by molar-refractivity contribution is 0.598. The average Bonchev–Trinajstić information content (AvgIpc) is 2.34. The third-order valence-corrected chi connectivity index (χ3v) is 3.80. The van der Waals surface area contributed by atoms with Gasteiger partial charge in [0.05, 0.1) is 15.9 Å². The van der Waals surface area contributed by atoms with Crippen LogP contribution in [0.25, 0.3) is 21.8 Å². The van der Waals surface area contributed by atoms with Crippen molar-refractivity contribution in [3.63, 3.8) is 0 Å². The number of rotatable bonds is 1. The summed E-state index contributed by atoms with van der Waals surface area (Å²) in [6, 6.07) is 14.3. The monoisotopic (exact) mass is 274 g/mol. The number of pyridine rings is 1. The van der Waals surface area contributed by atoms with Gasteiger partial charge in [-0.15, -0.1) is 0 Å². The Morgan fingerprint density at radius 3 is 2.37 bits per heavy atom. The number of hydrogen-bond acceptors (Lipinski definition) is 3. The highest BCUT2D eigenvalue weighted by atomic mass is 32.2. The molecule has 5 heteroatoms. The molecule has 4 nitrogen and oxygen atoms in total. The molecule has 0 radical (unpaired) electrons. The van der Waals surface area contributed by atoms with Crippen molar-refractivity contribution < 1.29 is 8.42 Å². The molecule has 0 aliphatic heterocycles. The minimum atomic E-state index is -3.74. The third kappa shape index (κ3) is 2.30. The molecule has 19 heavy (non-hydrogen) atoms. The summed E-state index contributed by atoms with van der Waals surface area (Å²) in [6.45, 7) is 0. The van der Waals surface area contributed by atoms with Gasteiger partial charge in [-0.1, -0.05) is 31.7 Å². The second kappa shape index (κ2) is 4.60. The summed E-state index contributed by atoms with van der Waals surface area (Å²) in [5, 5.41) is 6.66. The quantitative estimate of drug-likeness (QED) is 0.693. The molecule has 0 spiro atoms. The Bertz CT molecular complexity index is 858. The molecule has 1 aromatic heterocycles. The molecule has 0 unspecified atom stereocenters. The van der Waals surface area contributed by atoms with Crippen LogP contribution in [0.1, 0.15) is 7.43 Å². The number of sulfonamides is 1. The zero-order valence-corrected chi connectivity index (χ0v) is 10.2. The maximum Gasteiger partial charge on any atom is 0.238 e. The van der Waals surface area contributed by atoms with Gasteiger partial charge < -0.3 is 0 Å². The number of fused-ring (bicyclic) bond motifs is 2. The second-order valence-electron chi connectivity index (χ2n) is 4.05. The van der Waals surface area contributed by atoms with Crippen molar-refractivity contribution in [2.24, 2.45) is 5.14 Å². The predicted octanol–water partition coefficient (Wildman–Crippen LogP) is 2.67. The largest absolute Gasteiger partial charge is 0.248 e. The number of nitrogens with two attached hydrogens (primary N) is 1. The van der Waals surface area contributed by atoms with Crippen LogP contribution < -0.4 is 5.14 Å². The van der Waals surface area contributed by atoms with Gasteiger partial charge in [0.15, 0.2) is 0 Å². The molecule has 0 saturated carbocycles. The second-order valence-corrected chi connectivity index (χ2v) is 5.58. The number of aromatic nitrogens is 1. The lowest BCUT2D eigenvalue weighted by Crippen LogP contribution is -2.12. The first-order valence-electron chi connectivity index (χ1n) is 5.37. The molecule has 0 aliphatic carbocycles. The van der Waals surface area contributed by atoms with Crippen molar-refractivity contribution in [1.29, 1.82) is 0 Å². The molecule has 3 aromatic rings. The van der Waals surface area contributed by atoms with Gasteiger partial charge in [0.2, 0.25) is 10.0 Å². The zero-order valence-electron chi connectivity index (χ0n) is 9.37. The molecule has 3 rings (SSSR count). The van der Waals surface area contributed by atoms with Crippen LogP contribution in [0.3, 0.4) is 0 Å². The first-order chi connectivity index (χ1) is 8.55. The molecule has 0 atom stereocenters. The van der Waals surface area contributed by atoms with Crippen molar-refractivity contribution in [2.45, 2.75) is 12.3 Å². The normalized spacial score (nSPS) is 11.4. The van der Waals surface area contributed by atoms with E-state index in [9.17, 15) is 8.42 Å². The van der Waals surface area contributed by atoms with Crippen LogP contribution in [-0.2, 0) is 10.0 Å². The number of benzene rings is 2. The van der Waals surface area contributed by atoms with Crippen molar-refractivity contribution in [3.8, 4) is 0 Å². The SMILES string of the molecule is C.NS(=O)(=O)c1cccc2nc3ccccc3cc12. The molecule has 0 aliphatic rings. The van der Waals surface area contributed by atoms with Gasteiger partial charge in [-0.05, 0) is 24.3 Å². The molecule has 0 amide bonds. The fourth-order valence-electron chi connectivity index (χ4n) is 2.02. The van der Waals surface area contributed by atoms with E-state index in [0.717, 1.165) is 10.9 Å². The Labute approximate surface area is 111 Å². The molecule has 2 aromatic carbocycles. The van der Waals surface area contributed by atoms with E-state index in [4.69, 9.17) is 5.14 Å². The van der Waals surface area contributed by atoms with Gasteiger partial charge in [0.1, 0.15) is 0 Å². The number of para-hydroxylation sites is 1. The Hall–Kier alpha value is -1.98. The molecule has 0 fully saturated rings. The standard InChI is InChI=1S/C13H10N2O2S.CH4/c14-18(16,17)13-7-3-6-12-10(13)8-9-4-1-2-5-11(9)15-12;/h1-8H,(H2,14,16,17);1H4. The van der Waals surface area contributed by atoms with Crippen molar-refractivity contribution in [3.05, 3.63) is 48.5 Å². The highest BCUT2D eigenvalue weighted by Gasteiger charge is 2.13. The van der Waals surface area contributed by atoms with E-state index < -0.39 is 10.0 Å². The van der Waals surface area contributed by atoms with E-state index in [2.05, 4.69) is 4.98 Å². The van der Waals surface area contributed by atoms with E-state index in [1.807, 2.05) is 24.3 Å². The third-order valence-electron chi connectivity index (χ3n) is 2.83. The summed E-state index contributed by atoms with van der Waals surface area (Å²) in [5.41, 5.74) is 1.46. The fourth-order valence-corrected chi connectivity index (χ4v) is 2.76. The van der Waals surface area contributed by atoms with Gasteiger partial charge in [-0.25, -0.2) is 18.5 Å². The summed E-state index contributed by atoms with van der Waals surface area (Å²) in [5.74, 6) is 0. The number of hydrogen-bond donors (Lipinski definition) is 1. The van der Waals surface area contributed by atoms with Crippen LogP contribution in [0.15, 0.2) is 53.4 Å².